The van der Waals surface area contributed by atoms with Gasteiger partial charge in [0.1, 0.15) is 0 Å². The van der Waals surface area contributed by atoms with Crippen LogP contribution in [0.25, 0.3) is 0 Å². The number of pyridine rings is 1. The summed E-state index contributed by atoms with van der Waals surface area (Å²) in [5.41, 5.74) is 4.28. The monoisotopic (exact) mass is 237 g/mol. The van der Waals surface area contributed by atoms with Crippen LogP contribution in [0.5, 0.6) is 0 Å². The topological polar surface area (TPSA) is 48.7 Å². The van der Waals surface area contributed by atoms with Crippen molar-refractivity contribution in [2.75, 3.05) is 5.32 Å². The third-order valence-corrected chi connectivity index (χ3v) is 2.71. The van der Waals surface area contributed by atoms with Gasteiger partial charge < -0.3 is 5.32 Å². The minimum atomic E-state index is 0.460. The fourth-order valence-corrected chi connectivity index (χ4v) is 1.64. The third-order valence-electron chi connectivity index (χ3n) is 2.71. The molecule has 0 unspecified atom stereocenters. The maximum atomic E-state index is 8.59. The van der Waals surface area contributed by atoms with Gasteiger partial charge in [0.25, 0.3) is 0 Å². The largest absolute Gasteiger partial charge is 0.381 e. The quantitative estimate of drug-likeness (QED) is 0.889. The van der Waals surface area contributed by atoms with Crippen molar-refractivity contribution < 1.29 is 0 Å². The van der Waals surface area contributed by atoms with Crippen molar-refractivity contribution in [3.63, 3.8) is 0 Å². The molecule has 0 spiro atoms. The summed E-state index contributed by atoms with van der Waals surface area (Å²) in [6.07, 6.45) is 2.34. The fraction of sp³-hybridized carbons (Fsp3) is 0.200. The van der Waals surface area contributed by atoms with E-state index in [2.05, 4.69) is 22.4 Å². The standard InChI is InChI=1S/C15H15N3/c1-12-2-3-14(10-17-12)11-18-15-6-4-13(5-7-15)8-9-16/h2-7,10,18H,8,11H2,1H3. The molecule has 0 fully saturated rings. The zero-order chi connectivity index (χ0) is 12.8. The number of hydrogen-bond donors (Lipinski definition) is 1. The Morgan fingerprint density at radius 1 is 1.11 bits per heavy atom. The molecule has 0 saturated carbocycles. The van der Waals surface area contributed by atoms with Crippen LogP contribution in [0.2, 0.25) is 0 Å². The number of hydrogen-bond acceptors (Lipinski definition) is 3. The lowest BCUT2D eigenvalue weighted by atomic mass is 10.1. The van der Waals surface area contributed by atoms with Crippen LogP contribution >= 0.6 is 0 Å². The van der Waals surface area contributed by atoms with Crippen molar-refractivity contribution in [1.29, 1.82) is 5.26 Å². The van der Waals surface area contributed by atoms with Crippen molar-refractivity contribution in [3.05, 3.63) is 59.4 Å². The molecule has 0 aliphatic heterocycles. The SMILES string of the molecule is Cc1ccc(CNc2ccc(CC#N)cc2)cn1. The highest BCUT2D eigenvalue weighted by molar-refractivity contribution is 5.45. The Balaban J connectivity index is 1.94. The van der Waals surface area contributed by atoms with E-state index in [1.165, 1.54) is 0 Å². The van der Waals surface area contributed by atoms with Crippen LogP contribution in [0.1, 0.15) is 16.8 Å². The highest BCUT2D eigenvalue weighted by Gasteiger charge is 1.96. The molecule has 3 heteroatoms. The summed E-state index contributed by atoms with van der Waals surface area (Å²) in [6, 6.07) is 14.1. The van der Waals surface area contributed by atoms with Gasteiger partial charge >= 0.3 is 0 Å². The van der Waals surface area contributed by atoms with E-state index in [4.69, 9.17) is 5.26 Å². The van der Waals surface area contributed by atoms with Gasteiger partial charge in [-0.2, -0.15) is 5.26 Å². The van der Waals surface area contributed by atoms with Gasteiger partial charge in [0.05, 0.1) is 12.5 Å². The summed E-state index contributed by atoms with van der Waals surface area (Å²) >= 11 is 0. The molecule has 2 aromatic rings. The van der Waals surface area contributed by atoms with Crippen molar-refractivity contribution in [3.8, 4) is 6.07 Å². The van der Waals surface area contributed by atoms with E-state index in [-0.39, 0.29) is 0 Å². The van der Waals surface area contributed by atoms with E-state index in [1.807, 2.05) is 43.5 Å². The van der Waals surface area contributed by atoms with Crippen LogP contribution in [-0.2, 0) is 13.0 Å². The lowest BCUT2D eigenvalue weighted by Gasteiger charge is -2.07. The zero-order valence-electron chi connectivity index (χ0n) is 10.4. The molecule has 0 aliphatic rings. The smallest absolute Gasteiger partial charge is 0.0669 e. The minimum Gasteiger partial charge on any atom is -0.381 e. The Bertz CT molecular complexity index is 535. The number of nitriles is 1. The van der Waals surface area contributed by atoms with E-state index < -0.39 is 0 Å². The number of nitrogens with zero attached hydrogens (tertiary/aromatic N) is 2. The summed E-state index contributed by atoms with van der Waals surface area (Å²) in [5.74, 6) is 0. The van der Waals surface area contributed by atoms with Crippen LogP contribution in [0.4, 0.5) is 5.69 Å². The van der Waals surface area contributed by atoms with Crippen molar-refractivity contribution in [2.45, 2.75) is 19.9 Å². The molecule has 0 saturated heterocycles. The maximum absolute atomic E-state index is 8.59. The van der Waals surface area contributed by atoms with E-state index in [0.29, 0.717) is 6.42 Å². The summed E-state index contributed by atoms with van der Waals surface area (Å²) in [5, 5.41) is 11.9. The Hall–Kier alpha value is -2.34. The molecule has 1 heterocycles. The van der Waals surface area contributed by atoms with Gasteiger partial charge in [0.15, 0.2) is 0 Å². The van der Waals surface area contributed by atoms with Crippen molar-refractivity contribution >= 4 is 5.69 Å². The van der Waals surface area contributed by atoms with Crippen molar-refractivity contribution in [1.82, 2.24) is 4.98 Å². The predicted molar refractivity (Wildman–Crippen MR) is 72.1 cm³/mol. The second-order valence-corrected chi connectivity index (χ2v) is 4.19. The molecule has 0 atom stereocenters. The summed E-state index contributed by atoms with van der Waals surface area (Å²) < 4.78 is 0. The average molecular weight is 237 g/mol. The van der Waals surface area contributed by atoms with Gasteiger partial charge in [-0.15, -0.1) is 0 Å². The van der Waals surface area contributed by atoms with E-state index >= 15 is 0 Å². The number of benzene rings is 1. The molecule has 1 N–H and O–H groups in total. The first-order chi connectivity index (χ1) is 8.78. The first-order valence-electron chi connectivity index (χ1n) is 5.89. The second kappa shape index (κ2) is 5.83. The number of nitrogens with one attached hydrogen (secondary N) is 1. The van der Waals surface area contributed by atoms with Crippen molar-refractivity contribution in [2.24, 2.45) is 0 Å². The Morgan fingerprint density at radius 2 is 1.83 bits per heavy atom. The first kappa shape index (κ1) is 12.1. The van der Waals surface area contributed by atoms with Crippen LogP contribution in [0, 0.1) is 18.3 Å². The Kier molecular flexibility index (Phi) is 3.93. The molecule has 0 radical (unpaired) electrons. The highest BCUT2D eigenvalue weighted by atomic mass is 14.9. The number of aryl methyl sites for hydroxylation is 1. The van der Waals surface area contributed by atoms with Crippen LogP contribution < -0.4 is 5.32 Å². The van der Waals surface area contributed by atoms with Gasteiger partial charge in [0.2, 0.25) is 0 Å². The van der Waals surface area contributed by atoms with E-state index in [1.54, 1.807) is 0 Å². The summed E-state index contributed by atoms with van der Waals surface area (Å²) in [6.45, 7) is 2.73. The van der Waals surface area contributed by atoms with Gasteiger partial charge in [0, 0.05) is 24.1 Å². The molecule has 1 aromatic carbocycles. The molecular formula is C15H15N3. The van der Waals surface area contributed by atoms with Gasteiger partial charge in [-0.3, -0.25) is 4.98 Å². The third kappa shape index (κ3) is 3.33. The fourth-order valence-electron chi connectivity index (χ4n) is 1.64. The summed E-state index contributed by atoms with van der Waals surface area (Å²) in [4.78, 5) is 4.25. The lowest BCUT2D eigenvalue weighted by Crippen LogP contribution is -2.00. The van der Waals surface area contributed by atoms with E-state index in [0.717, 1.165) is 29.1 Å². The molecule has 0 bridgehead atoms. The lowest BCUT2D eigenvalue weighted by molar-refractivity contribution is 1.08. The number of anilines is 1. The van der Waals surface area contributed by atoms with Crippen LogP contribution in [0.3, 0.4) is 0 Å². The Morgan fingerprint density at radius 3 is 2.44 bits per heavy atom. The second-order valence-electron chi connectivity index (χ2n) is 4.19. The highest BCUT2D eigenvalue weighted by Crippen LogP contribution is 2.11. The predicted octanol–water partition coefficient (Wildman–Crippen LogP) is 3.07. The zero-order valence-corrected chi connectivity index (χ0v) is 10.4. The van der Waals surface area contributed by atoms with Gasteiger partial charge in [-0.25, -0.2) is 0 Å². The average Bonchev–Trinajstić information content (AvgIpc) is 2.40. The van der Waals surface area contributed by atoms with Crippen LogP contribution in [-0.4, -0.2) is 4.98 Å². The molecular weight excluding hydrogens is 222 g/mol. The van der Waals surface area contributed by atoms with E-state index in [9.17, 15) is 0 Å². The molecule has 2 rings (SSSR count). The Labute approximate surface area is 107 Å². The van der Waals surface area contributed by atoms with Gasteiger partial charge in [-0.05, 0) is 36.2 Å². The molecule has 18 heavy (non-hydrogen) atoms. The molecule has 90 valence electrons. The first-order valence-corrected chi connectivity index (χ1v) is 5.89. The normalized spacial score (nSPS) is 9.78. The maximum Gasteiger partial charge on any atom is 0.0669 e. The molecule has 0 aliphatic carbocycles. The minimum absolute atomic E-state index is 0.460. The number of rotatable bonds is 4. The van der Waals surface area contributed by atoms with Gasteiger partial charge in [-0.1, -0.05) is 18.2 Å². The molecule has 3 nitrogen and oxygen atoms in total. The number of aromatic nitrogens is 1. The summed E-state index contributed by atoms with van der Waals surface area (Å²) in [7, 11) is 0. The van der Waals surface area contributed by atoms with Crippen LogP contribution in [0.15, 0.2) is 42.6 Å². The molecule has 1 aromatic heterocycles. The molecule has 0 amide bonds.